The second-order valence-corrected chi connectivity index (χ2v) is 6.23. The molecule has 28 heavy (non-hydrogen) atoms. The highest BCUT2D eigenvalue weighted by molar-refractivity contribution is 6.07. The number of amides is 2. The zero-order valence-corrected chi connectivity index (χ0v) is 15.8. The van der Waals surface area contributed by atoms with Crippen molar-refractivity contribution in [2.75, 3.05) is 28.6 Å². The molecule has 0 aliphatic carbocycles. The number of benzene rings is 3. The van der Waals surface area contributed by atoms with E-state index in [1.54, 1.807) is 29.2 Å². The van der Waals surface area contributed by atoms with Gasteiger partial charge < -0.3 is 15.5 Å². The van der Waals surface area contributed by atoms with E-state index in [-0.39, 0.29) is 18.4 Å². The van der Waals surface area contributed by atoms with Gasteiger partial charge in [0.25, 0.3) is 5.91 Å². The predicted octanol–water partition coefficient (Wildman–Crippen LogP) is 4.40. The Kier molecular flexibility index (Phi) is 6.41. The van der Waals surface area contributed by atoms with E-state index in [4.69, 9.17) is 0 Å². The van der Waals surface area contributed by atoms with Crippen molar-refractivity contribution in [3.8, 4) is 0 Å². The molecular formula is C23H23N3O2. The number of rotatable bonds is 7. The van der Waals surface area contributed by atoms with E-state index < -0.39 is 0 Å². The first-order chi connectivity index (χ1) is 13.7. The Labute approximate surface area is 165 Å². The monoisotopic (exact) mass is 373 g/mol. The summed E-state index contributed by atoms with van der Waals surface area (Å²) in [4.78, 5) is 26.8. The quantitative estimate of drug-likeness (QED) is 0.645. The Morgan fingerprint density at radius 3 is 2.14 bits per heavy atom. The van der Waals surface area contributed by atoms with Crippen LogP contribution in [0, 0.1) is 0 Å². The summed E-state index contributed by atoms with van der Waals surface area (Å²) in [6, 6.07) is 26.1. The number of hydrogen-bond acceptors (Lipinski definition) is 3. The zero-order valence-electron chi connectivity index (χ0n) is 15.8. The summed E-state index contributed by atoms with van der Waals surface area (Å²) in [5.41, 5.74) is 2.84. The lowest BCUT2D eigenvalue weighted by Gasteiger charge is -2.21. The van der Waals surface area contributed by atoms with E-state index in [1.807, 2.05) is 67.6 Å². The maximum Gasteiger partial charge on any atom is 0.258 e. The minimum absolute atomic E-state index is 0.104. The molecule has 0 aromatic heterocycles. The molecular weight excluding hydrogens is 350 g/mol. The minimum Gasteiger partial charge on any atom is -0.376 e. The third kappa shape index (κ3) is 4.98. The molecule has 0 saturated carbocycles. The smallest absolute Gasteiger partial charge is 0.258 e. The van der Waals surface area contributed by atoms with Crippen LogP contribution in [0.3, 0.4) is 0 Å². The van der Waals surface area contributed by atoms with Gasteiger partial charge in [-0.2, -0.15) is 0 Å². The molecule has 0 saturated heterocycles. The largest absolute Gasteiger partial charge is 0.376 e. The number of carbonyl (C=O) groups is 2. The molecule has 5 nitrogen and oxygen atoms in total. The van der Waals surface area contributed by atoms with Crippen LogP contribution in [0.25, 0.3) is 0 Å². The van der Waals surface area contributed by atoms with Crippen molar-refractivity contribution in [1.29, 1.82) is 0 Å². The fourth-order valence-electron chi connectivity index (χ4n) is 2.88. The van der Waals surface area contributed by atoms with Crippen molar-refractivity contribution in [2.45, 2.75) is 6.92 Å². The molecule has 5 heteroatoms. The van der Waals surface area contributed by atoms with E-state index >= 15 is 0 Å². The lowest BCUT2D eigenvalue weighted by Crippen LogP contribution is -2.30. The first kappa shape index (κ1) is 19.2. The molecule has 0 fully saturated rings. The maximum atomic E-state index is 12.9. The van der Waals surface area contributed by atoms with E-state index in [0.29, 0.717) is 17.8 Å². The van der Waals surface area contributed by atoms with E-state index in [1.165, 1.54) is 0 Å². The summed E-state index contributed by atoms with van der Waals surface area (Å²) < 4.78 is 0. The molecule has 2 amide bonds. The number of nitrogens with one attached hydrogen (secondary N) is 2. The van der Waals surface area contributed by atoms with Gasteiger partial charge in [0.15, 0.2) is 0 Å². The van der Waals surface area contributed by atoms with Crippen LogP contribution in [0.5, 0.6) is 0 Å². The van der Waals surface area contributed by atoms with Crippen LogP contribution in [0.1, 0.15) is 17.3 Å². The molecule has 0 bridgehead atoms. The molecule has 0 radical (unpaired) electrons. The highest BCUT2D eigenvalue weighted by atomic mass is 16.2. The van der Waals surface area contributed by atoms with Gasteiger partial charge in [0.2, 0.25) is 5.91 Å². The Hall–Kier alpha value is -3.60. The van der Waals surface area contributed by atoms with E-state index in [9.17, 15) is 9.59 Å². The van der Waals surface area contributed by atoms with Crippen molar-refractivity contribution in [3.63, 3.8) is 0 Å². The summed E-state index contributed by atoms with van der Waals surface area (Å²) in [6.45, 7) is 2.64. The van der Waals surface area contributed by atoms with Gasteiger partial charge >= 0.3 is 0 Å². The predicted molar refractivity (Wildman–Crippen MR) is 114 cm³/mol. The Bertz CT molecular complexity index is 927. The Morgan fingerprint density at radius 2 is 1.46 bits per heavy atom. The number of nitrogens with zero attached hydrogens (tertiary/aromatic N) is 1. The van der Waals surface area contributed by atoms with Gasteiger partial charge in [-0.1, -0.05) is 42.5 Å². The van der Waals surface area contributed by atoms with Gasteiger partial charge in [-0.25, -0.2) is 0 Å². The van der Waals surface area contributed by atoms with Crippen LogP contribution in [0.15, 0.2) is 84.9 Å². The summed E-state index contributed by atoms with van der Waals surface area (Å²) in [5, 5.41) is 5.90. The first-order valence-electron chi connectivity index (χ1n) is 9.23. The average molecular weight is 373 g/mol. The van der Waals surface area contributed by atoms with Crippen LogP contribution in [-0.4, -0.2) is 24.9 Å². The SMILES string of the molecule is CCN(C(=O)c1cccc(NC(=O)CNc2ccccc2)c1)c1ccccc1. The summed E-state index contributed by atoms with van der Waals surface area (Å²) >= 11 is 0. The number of hydrogen-bond donors (Lipinski definition) is 2. The normalized spacial score (nSPS) is 10.2. The first-order valence-corrected chi connectivity index (χ1v) is 9.23. The molecule has 3 aromatic carbocycles. The van der Waals surface area contributed by atoms with Crippen molar-refractivity contribution >= 4 is 28.9 Å². The van der Waals surface area contributed by atoms with Crippen LogP contribution < -0.4 is 15.5 Å². The summed E-state index contributed by atoms with van der Waals surface area (Å²) in [7, 11) is 0. The molecule has 142 valence electrons. The van der Waals surface area contributed by atoms with Crippen LogP contribution >= 0.6 is 0 Å². The Balaban J connectivity index is 1.66. The lowest BCUT2D eigenvalue weighted by molar-refractivity contribution is -0.114. The van der Waals surface area contributed by atoms with Gasteiger partial charge in [-0.15, -0.1) is 0 Å². The van der Waals surface area contributed by atoms with Gasteiger partial charge in [-0.05, 0) is 49.4 Å². The van der Waals surface area contributed by atoms with Gasteiger partial charge in [0.1, 0.15) is 0 Å². The Morgan fingerprint density at radius 1 is 0.821 bits per heavy atom. The van der Waals surface area contributed by atoms with Gasteiger partial charge in [0.05, 0.1) is 6.54 Å². The van der Waals surface area contributed by atoms with E-state index in [0.717, 1.165) is 11.4 Å². The van der Waals surface area contributed by atoms with E-state index in [2.05, 4.69) is 10.6 Å². The zero-order chi connectivity index (χ0) is 19.8. The third-order valence-electron chi connectivity index (χ3n) is 4.25. The summed E-state index contributed by atoms with van der Waals surface area (Å²) in [6.07, 6.45) is 0. The highest BCUT2D eigenvalue weighted by Gasteiger charge is 2.16. The molecule has 0 aliphatic heterocycles. The maximum absolute atomic E-state index is 12.9. The van der Waals surface area contributed by atoms with Crippen LogP contribution in [-0.2, 0) is 4.79 Å². The van der Waals surface area contributed by atoms with Crippen molar-refractivity contribution in [2.24, 2.45) is 0 Å². The second-order valence-electron chi connectivity index (χ2n) is 6.23. The molecule has 0 aliphatic rings. The molecule has 0 unspecified atom stereocenters. The van der Waals surface area contributed by atoms with Crippen LogP contribution in [0.4, 0.5) is 17.1 Å². The van der Waals surface area contributed by atoms with Gasteiger partial charge in [0, 0.05) is 29.2 Å². The van der Waals surface area contributed by atoms with Crippen molar-refractivity contribution < 1.29 is 9.59 Å². The minimum atomic E-state index is -0.177. The topological polar surface area (TPSA) is 61.4 Å². The third-order valence-corrected chi connectivity index (χ3v) is 4.25. The molecule has 3 aromatic rings. The fourth-order valence-corrected chi connectivity index (χ4v) is 2.88. The van der Waals surface area contributed by atoms with Crippen molar-refractivity contribution in [1.82, 2.24) is 0 Å². The molecule has 0 heterocycles. The summed E-state index contributed by atoms with van der Waals surface area (Å²) in [5.74, 6) is -0.281. The standard InChI is InChI=1S/C23H23N3O2/c1-2-26(21-14-7-4-8-15-21)23(28)18-10-9-13-20(16-18)25-22(27)17-24-19-11-5-3-6-12-19/h3-16,24H,2,17H2,1H3,(H,25,27). The van der Waals surface area contributed by atoms with Crippen LogP contribution in [0.2, 0.25) is 0 Å². The van der Waals surface area contributed by atoms with Gasteiger partial charge in [-0.3, -0.25) is 9.59 Å². The highest BCUT2D eigenvalue weighted by Crippen LogP contribution is 2.18. The fraction of sp³-hybridized carbons (Fsp3) is 0.130. The van der Waals surface area contributed by atoms with Crippen molar-refractivity contribution in [3.05, 3.63) is 90.5 Å². The molecule has 2 N–H and O–H groups in total. The second kappa shape index (κ2) is 9.37. The number of anilines is 3. The molecule has 0 spiro atoms. The number of para-hydroxylation sites is 2. The molecule has 3 rings (SSSR count). The number of carbonyl (C=O) groups excluding carboxylic acids is 2. The molecule has 0 atom stereocenters. The average Bonchev–Trinajstić information content (AvgIpc) is 2.74. The lowest BCUT2D eigenvalue weighted by atomic mass is 10.1.